The number of fused-ring (bicyclic) bond motifs is 1. The second-order valence-electron chi connectivity index (χ2n) is 6.72. The number of nitrogens with zero attached hydrogens (tertiary/aromatic N) is 2. The van der Waals surface area contributed by atoms with E-state index in [1.54, 1.807) is 32.0 Å². The van der Waals surface area contributed by atoms with Gasteiger partial charge in [0.1, 0.15) is 5.58 Å². The van der Waals surface area contributed by atoms with Crippen molar-refractivity contribution in [2.24, 2.45) is 0 Å². The highest BCUT2D eigenvalue weighted by atomic mass is 32.2. The first kappa shape index (κ1) is 21.3. The van der Waals surface area contributed by atoms with Crippen molar-refractivity contribution in [2.75, 3.05) is 43.9 Å². The first-order valence-corrected chi connectivity index (χ1v) is 11.1. The number of hydrogen-bond donors (Lipinski definition) is 1. The van der Waals surface area contributed by atoms with Crippen molar-refractivity contribution in [2.45, 2.75) is 20.4 Å². The van der Waals surface area contributed by atoms with Crippen LogP contribution in [-0.4, -0.2) is 62.3 Å². The minimum absolute atomic E-state index is 0.0968. The molecule has 0 radical (unpaired) electrons. The zero-order valence-electron chi connectivity index (χ0n) is 16.5. The average molecular weight is 423 g/mol. The lowest BCUT2D eigenvalue weighted by Crippen LogP contribution is -2.48. The molecule has 0 spiro atoms. The minimum atomic E-state index is -3.18. The number of nitrogens with one attached hydrogen (secondary N) is 1. The third-order valence-corrected chi connectivity index (χ3v) is 6.72. The maximum absolute atomic E-state index is 12.0. The van der Waals surface area contributed by atoms with Gasteiger partial charge in [-0.15, -0.1) is 0 Å². The van der Waals surface area contributed by atoms with Gasteiger partial charge < -0.3 is 9.15 Å². The highest BCUT2D eigenvalue weighted by Crippen LogP contribution is 2.23. The normalized spacial score (nSPS) is 16.1. The van der Waals surface area contributed by atoms with Gasteiger partial charge in [0, 0.05) is 55.9 Å². The Morgan fingerprint density at radius 1 is 1.17 bits per heavy atom. The quantitative estimate of drug-likeness (QED) is 0.706. The molecule has 1 aromatic carbocycles. The fourth-order valence-corrected chi connectivity index (χ4v) is 4.40. The lowest BCUT2D eigenvalue weighted by Gasteiger charge is -2.33. The first-order chi connectivity index (χ1) is 13.8. The van der Waals surface area contributed by atoms with Gasteiger partial charge in [0.15, 0.2) is 0 Å². The molecule has 2 aromatic rings. The van der Waals surface area contributed by atoms with Crippen LogP contribution in [0, 0.1) is 0 Å². The van der Waals surface area contributed by atoms with Crippen molar-refractivity contribution < 1.29 is 22.4 Å². The SMILES string of the molecule is CCOC(=O)Nc1ccc2c(CN3CCN(S(=O)(=O)CC)CC3)cc(=O)oc2c1. The van der Waals surface area contributed by atoms with Gasteiger partial charge in [-0.3, -0.25) is 10.2 Å². The van der Waals surface area contributed by atoms with Crippen LogP contribution in [0.5, 0.6) is 0 Å². The predicted molar refractivity (Wildman–Crippen MR) is 109 cm³/mol. The van der Waals surface area contributed by atoms with E-state index in [2.05, 4.69) is 10.2 Å². The van der Waals surface area contributed by atoms with Gasteiger partial charge in [-0.2, -0.15) is 4.31 Å². The number of carbonyl (C=O) groups is 1. The molecule has 29 heavy (non-hydrogen) atoms. The molecule has 2 heterocycles. The molecule has 0 bridgehead atoms. The summed E-state index contributed by atoms with van der Waals surface area (Å²) in [6, 6.07) is 6.54. The van der Waals surface area contributed by atoms with Gasteiger partial charge in [-0.05, 0) is 31.5 Å². The summed E-state index contributed by atoms with van der Waals surface area (Å²) in [6.45, 7) is 6.16. The average Bonchev–Trinajstić information content (AvgIpc) is 2.68. The van der Waals surface area contributed by atoms with Gasteiger partial charge in [0.25, 0.3) is 0 Å². The van der Waals surface area contributed by atoms with Crippen LogP contribution in [0.2, 0.25) is 0 Å². The molecular formula is C19H25N3O6S. The number of amides is 1. The van der Waals surface area contributed by atoms with Crippen LogP contribution < -0.4 is 10.9 Å². The molecule has 1 aromatic heterocycles. The molecule has 1 aliphatic rings. The van der Waals surface area contributed by atoms with E-state index < -0.39 is 21.7 Å². The number of benzene rings is 1. The summed E-state index contributed by atoms with van der Waals surface area (Å²) >= 11 is 0. The molecule has 1 saturated heterocycles. The molecule has 0 atom stereocenters. The Balaban J connectivity index is 1.76. The number of piperazine rings is 1. The predicted octanol–water partition coefficient (Wildman–Crippen LogP) is 1.83. The van der Waals surface area contributed by atoms with Crippen molar-refractivity contribution in [3.05, 3.63) is 40.2 Å². The fourth-order valence-electron chi connectivity index (χ4n) is 3.31. The molecule has 1 fully saturated rings. The molecule has 1 aliphatic heterocycles. The third kappa shape index (κ3) is 5.14. The van der Waals surface area contributed by atoms with Crippen molar-refractivity contribution in [3.63, 3.8) is 0 Å². The van der Waals surface area contributed by atoms with Crippen LogP contribution in [0.3, 0.4) is 0 Å². The summed E-state index contributed by atoms with van der Waals surface area (Å²) in [4.78, 5) is 25.7. The molecular weight excluding hydrogens is 398 g/mol. The van der Waals surface area contributed by atoms with Crippen LogP contribution in [0.25, 0.3) is 11.0 Å². The molecule has 1 amide bonds. The Kier molecular flexibility index (Phi) is 6.56. The summed E-state index contributed by atoms with van der Waals surface area (Å²) in [5, 5.41) is 3.35. The summed E-state index contributed by atoms with van der Waals surface area (Å²) < 4.78 is 35.7. The maximum Gasteiger partial charge on any atom is 0.411 e. The second-order valence-corrected chi connectivity index (χ2v) is 8.98. The molecule has 3 rings (SSSR count). The van der Waals surface area contributed by atoms with Gasteiger partial charge in [0.2, 0.25) is 10.0 Å². The summed E-state index contributed by atoms with van der Waals surface area (Å²) in [7, 11) is -3.18. The van der Waals surface area contributed by atoms with Gasteiger partial charge in [-0.25, -0.2) is 18.0 Å². The third-order valence-electron chi connectivity index (χ3n) is 4.84. The molecule has 10 heteroatoms. The van der Waals surface area contributed by atoms with Crippen molar-refractivity contribution in [1.82, 2.24) is 9.21 Å². The number of sulfonamides is 1. The van der Waals surface area contributed by atoms with Crippen LogP contribution in [0.1, 0.15) is 19.4 Å². The van der Waals surface area contributed by atoms with Crippen LogP contribution >= 0.6 is 0 Å². The van der Waals surface area contributed by atoms with E-state index in [1.807, 2.05) is 0 Å². The smallest absolute Gasteiger partial charge is 0.411 e. The highest BCUT2D eigenvalue weighted by Gasteiger charge is 2.25. The van der Waals surface area contributed by atoms with E-state index in [1.165, 1.54) is 10.4 Å². The number of ether oxygens (including phenoxy) is 1. The molecule has 158 valence electrons. The Hall–Kier alpha value is -2.43. The molecule has 0 unspecified atom stereocenters. The highest BCUT2D eigenvalue weighted by molar-refractivity contribution is 7.89. The van der Waals surface area contributed by atoms with E-state index in [4.69, 9.17) is 9.15 Å². The summed E-state index contributed by atoms with van der Waals surface area (Å²) in [5.41, 5.74) is 1.15. The number of hydrogen-bond acceptors (Lipinski definition) is 7. The standard InChI is InChI=1S/C19H25N3O6S/c1-3-27-19(24)20-15-5-6-16-14(11-18(23)28-17(16)12-15)13-21-7-9-22(10-8-21)29(25,26)4-2/h5-6,11-12H,3-4,7-10,13H2,1-2H3,(H,20,24). The zero-order valence-corrected chi connectivity index (χ0v) is 17.3. The van der Waals surface area contributed by atoms with Crippen molar-refractivity contribution in [3.8, 4) is 0 Å². The van der Waals surface area contributed by atoms with E-state index in [0.717, 1.165) is 10.9 Å². The Morgan fingerprint density at radius 3 is 2.55 bits per heavy atom. The second kappa shape index (κ2) is 8.93. The van der Waals surface area contributed by atoms with Gasteiger partial charge in [-0.1, -0.05) is 0 Å². The van der Waals surface area contributed by atoms with E-state index >= 15 is 0 Å². The lowest BCUT2D eigenvalue weighted by molar-refractivity contribution is 0.168. The number of anilines is 1. The van der Waals surface area contributed by atoms with E-state index in [-0.39, 0.29) is 12.4 Å². The van der Waals surface area contributed by atoms with Crippen molar-refractivity contribution in [1.29, 1.82) is 0 Å². The summed E-state index contributed by atoms with van der Waals surface area (Å²) in [6.07, 6.45) is -0.578. The molecule has 1 N–H and O–H groups in total. The van der Waals surface area contributed by atoms with Gasteiger partial charge in [0.05, 0.1) is 12.4 Å². The number of rotatable bonds is 6. The monoisotopic (exact) mass is 423 g/mol. The Labute approximate surface area is 169 Å². The Morgan fingerprint density at radius 2 is 1.90 bits per heavy atom. The maximum atomic E-state index is 12.0. The van der Waals surface area contributed by atoms with E-state index in [9.17, 15) is 18.0 Å². The molecule has 0 aliphatic carbocycles. The molecule has 0 saturated carbocycles. The fraction of sp³-hybridized carbons (Fsp3) is 0.474. The van der Waals surface area contributed by atoms with E-state index in [0.29, 0.717) is 44.0 Å². The summed E-state index contributed by atoms with van der Waals surface area (Å²) in [5.74, 6) is 0.0968. The zero-order chi connectivity index (χ0) is 21.0. The topological polar surface area (TPSA) is 109 Å². The number of carbonyl (C=O) groups excluding carboxylic acids is 1. The lowest BCUT2D eigenvalue weighted by atomic mass is 10.1. The first-order valence-electron chi connectivity index (χ1n) is 9.53. The largest absolute Gasteiger partial charge is 0.450 e. The van der Waals surface area contributed by atoms with Crippen LogP contribution in [-0.2, 0) is 21.3 Å². The minimum Gasteiger partial charge on any atom is -0.450 e. The molecule has 9 nitrogen and oxygen atoms in total. The van der Waals surface area contributed by atoms with Gasteiger partial charge >= 0.3 is 11.7 Å². The Bertz CT molecular complexity index is 1040. The van der Waals surface area contributed by atoms with Crippen molar-refractivity contribution >= 4 is 32.8 Å². The van der Waals surface area contributed by atoms with Crippen LogP contribution in [0.4, 0.5) is 10.5 Å². The van der Waals surface area contributed by atoms with Crippen LogP contribution in [0.15, 0.2) is 33.5 Å².